The standard InChI is InChI=1S/C27H28N4O5S/c1-16-8-9-24(36-4)23(12-16)29-27(32)21-14-22(18-6-5-7-20(13-18)35-3)28-26-25(21)17(2)30-31(26)19-10-11-37(33,34)15-19/h5-9,12-14,19H,10-11,15H2,1-4H3,(H,29,32). The fourth-order valence-corrected chi connectivity index (χ4v) is 6.45. The van der Waals surface area contributed by atoms with Crippen molar-refractivity contribution in [1.29, 1.82) is 0 Å². The molecule has 0 spiro atoms. The van der Waals surface area contributed by atoms with Crippen LogP contribution in [0.5, 0.6) is 11.5 Å². The van der Waals surface area contributed by atoms with Crippen LogP contribution in [0.3, 0.4) is 0 Å². The van der Waals surface area contributed by atoms with E-state index in [1.54, 1.807) is 38.0 Å². The highest BCUT2D eigenvalue weighted by Gasteiger charge is 2.32. The van der Waals surface area contributed by atoms with E-state index in [2.05, 4.69) is 10.4 Å². The normalized spacial score (nSPS) is 16.6. The van der Waals surface area contributed by atoms with E-state index in [0.29, 0.717) is 51.6 Å². The number of carbonyl (C=O) groups is 1. The molecule has 5 rings (SSSR count). The van der Waals surface area contributed by atoms with E-state index in [9.17, 15) is 13.2 Å². The van der Waals surface area contributed by atoms with E-state index >= 15 is 0 Å². The van der Waals surface area contributed by atoms with Gasteiger partial charge in [-0.2, -0.15) is 5.10 Å². The van der Waals surface area contributed by atoms with Gasteiger partial charge in [0.1, 0.15) is 11.5 Å². The second kappa shape index (κ2) is 9.51. The van der Waals surface area contributed by atoms with Crippen LogP contribution in [0.15, 0.2) is 48.5 Å². The van der Waals surface area contributed by atoms with Gasteiger partial charge >= 0.3 is 0 Å². The summed E-state index contributed by atoms with van der Waals surface area (Å²) in [6, 6.07) is 14.4. The summed E-state index contributed by atoms with van der Waals surface area (Å²) in [6.07, 6.45) is 0.450. The summed E-state index contributed by atoms with van der Waals surface area (Å²) in [5.74, 6) is 0.953. The lowest BCUT2D eigenvalue weighted by molar-refractivity contribution is 0.102. The molecule has 1 aliphatic rings. The van der Waals surface area contributed by atoms with Crippen LogP contribution in [-0.2, 0) is 9.84 Å². The molecule has 1 atom stereocenters. The molecule has 0 radical (unpaired) electrons. The van der Waals surface area contributed by atoms with Crippen LogP contribution in [0.2, 0.25) is 0 Å². The van der Waals surface area contributed by atoms with Crippen LogP contribution in [0.25, 0.3) is 22.3 Å². The second-order valence-electron chi connectivity index (χ2n) is 9.23. The maximum Gasteiger partial charge on any atom is 0.256 e. The number of nitrogens with one attached hydrogen (secondary N) is 1. The topological polar surface area (TPSA) is 112 Å². The molecule has 4 aromatic rings. The fourth-order valence-electron chi connectivity index (χ4n) is 4.75. The van der Waals surface area contributed by atoms with Crippen molar-refractivity contribution in [2.24, 2.45) is 0 Å². The van der Waals surface area contributed by atoms with Gasteiger partial charge in [-0.1, -0.05) is 18.2 Å². The third-order valence-corrected chi connectivity index (χ3v) is 8.35. The number of hydrogen-bond donors (Lipinski definition) is 1. The van der Waals surface area contributed by atoms with Crippen LogP contribution >= 0.6 is 0 Å². The molecular weight excluding hydrogens is 492 g/mol. The number of carbonyl (C=O) groups excluding carboxylic acids is 1. The number of ether oxygens (including phenoxy) is 2. The zero-order valence-electron chi connectivity index (χ0n) is 21.1. The number of rotatable bonds is 6. The van der Waals surface area contributed by atoms with Crippen LogP contribution < -0.4 is 14.8 Å². The van der Waals surface area contributed by atoms with Gasteiger partial charge in [-0.3, -0.25) is 4.79 Å². The summed E-state index contributed by atoms with van der Waals surface area (Å²) in [6.45, 7) is 3.74. The molecule has 1 N–H and O–H groups in total. The molecule has 2 aromatic heterocycles. The predicted molar refractivity (Wildman–Crippen MR) is 142 cm³/mol. The number of benzene rings is 2. The smallest absolute Gasteiger partial charge is 0.256 e. The molecule has 37 heavy (non-hydrogen) atoms. The largest absolute Gasteiger partial charge is 0.497 e. The lowest BCUT2D eigenvalue weighted by Gasteiger charge is -2.14. The molecule has 0 bridgehead atoms. The molecular formula is C27H28N4O5S. The number of hydrogen-bond acceptors (Lipinski definition) is 7. The Balaban J connectivity index is 1.69. The van der Waals surface area contributed by atoms with Crippen molar-refractivity contribution in [3.63, 3.8) is 0 Å². The van der Waals surface area contributed by atoms with Crippen molar-refractivity contribution in [3.05, 3.63) is 65.4 Å². The number of anilines is 1. The lowest BCUT2D eigenvalue weighted by Crippen LogP contribution is -2.15. The summed E-state index contributed by atoms with van der Waals surface area (Å²) < 4.78 is 37.0. The molecule has 0 saturated carbocycles. The van der Waals surface area contributed by atoms with Gasteiger partial charge in [-0.15, -0.1) is 0 Å². The van der Waals surface area contributed by atoms with Crippen LogP contribution in [0.4, 0.5) is 5.69 Å². The third-order valence-electron chi connectivity index (χ3n) is 6.60. The SMILES string of the molecule is COc1cccc(-c2cc(C(=O)Nc3cc(C)ccc3OC)c3c(C)nn(C4CCS(=O)(=O)C4)c3n2)c1. The molecule has 0 aliphatic carbocycles. The molecule has 1 aliphatic heterocycles. The molecule has 1 saturated heterocycles. The minimum absolute atomic E-state index is 0.00366. The van der Waals surface area contributed by atoms with Gasteiger partial charge in [0.25, 0.3) is 5.91 Å². The van der Waals surface area contributed by atoms with Crippen molar-refractivity contribution in [2.75, 3.05) is 31.0 Å². The predicted octanol–water partition coefficient (Wildman–Crippen LogP) is 4.34. The van der Waals surface area contributed by atoms with E-state index in [1.165, 1.54) is 0 Å². The van der Waals surface area contributed by atoms with Gasteiger partial charge in [0.05, 0.1) is 59.8 Å². The summed E-state index contributed by atoms with van der Waals surface area (Å²) in [4.78, 5) is 18.6. The van der Waals surface area contributed by atoms with Crippen molar-refractivity contribution >= 4 is 32.5 Å². The van der Waals surface area contributed by atoms with Crippen LogP contribution in [-0.4, -0.2) is 54.8 Å². The van der Waals surface area contributed by atoms with Crippen LogP contribution in [0.1, 0.15) is 34.1 Å². The van der Waals surface area contributed by atoms with Gasteiger partial charge in [-0.25, -0.2) is 18.1 Å². The Kier molecular flexibility index (Phi) is 6.36. The summed E-state index contributed by atoms with van der Waals surface area (Å²) in [7, 11) is -0.0142. The highest BCUT2D eigenvalue weighted by molar-refractivity contribution is 7.91. The van der Waals surface area contributed by atoms with Gasteiger partial charge in [0.2, 0.25) is 0 Å². The first-order chi connectivity index (χ1) is 17.7. The first-order valence-corrected chi connectivity index (χ1v) is 13.7. The van der Waals surface area contributed by atoms with Gasteiger partial charge in [-0.05, 0) is 56.2 Å². The van der Waals surface area contributed by atoms with Gasteiger partial charge < -0.3 is 14.8 Å². The Hall–Kier alpha value is -3.92. The summed E-state index contributed by atoms with van der Waals surface area (Å²) in [5, 5.41) is 8.23. The Morgan fingerprint density at radius 1 is 1.08 bits per heavy atom. The Morgan fingerprint density at radius 2 is 1.89 bits per heavy atom. The molecule has 10 heteroatoms. The minimum atomic E-state index is -3.15. The number of aromatic nitrogens is 3. The van der Waals surface area contributed by atoms with Gasteiger partial charge in [0.15, 0.2) is 15.5 Å². The molecule has 192 valence electrons. The van der Waals surface area contributed by atoms with Crippen molar-refractivity contribution in [1.82, 2.24) is 14.8 Å². The average molecular weight is 521 g/mol. The first-order valence-electron chi connectivity index (χ1n) is 11.9. The quantitative estimate of drug-likeness (QED) is 0.402. The highest BCUT2D eigenvalue weighted by atomic mass is 32.2. The number of pyridine rings is 1. The molecule has 1 fully saturated rings. The van der Waals surface area contributed by atoms with E-state index in [4.69, 9.17) is 14.5 Å². The monoisotopic (exact) mass is 520 g/mol. The number of fused-ring (bicyclic) bond motifs is 1. The van der Waals surface area contributed by atoms with Crippen molar-refractivity contribution in [3.8, 4) is 22.8 Å². The number of nitrogens with zero attached hydrogens (tertiary/aromatic N) is 3. The van der Waals surface area contributed by atoms with E-state index in [1.807, 2.05) is 43.3 Å². The summed E-state index contributed by atoms with van der Waals surface area (Å²) in [5.41, 5.74) is 4.29. The molecule has 2 aromatic carbocycles. The van der Waals surface area contributed by atoms with E-state index in [0.717, 1.165) is 11.1 Å². The molecule has 1 unspecified atom stereocenters. The third kappa shape index (κ3) is 4.76. The zero-order valence-corrected chi connectivity index (χ0v) is 21.9. The van der Waals surface area contributed by atoms with Gasteiger partial charge in [0, 0.05) is 5.56 Å². The zero-order chi connectivity index (χ0) is 26.3. The van der Waals surface area contributed by atoms with Crippen LogP contribution in [0, 0.1) is 13.8 Å². The fraction of sp³-hybridized carbons (Fsp3) is 0.296. The van der Waals surface area contributed by atoms with Crippen molar-refractivity contribution < 1.29 is 22.7 Å². The lowest BCUT2D eigenvalue weighted by atomic mass is 10.0. The number of aryl methyl sites for hydroxylation is 2. The Labute approximate surface area is 215 Å². The van der Waals surface area contributed by atoms with Crippen molar-refractivity contribution in [2.45, 2.75) is 26.3 Å². The van der Waals surface area contributed by atoms with E-state index < -0.39 is 9.84 Å². The number of methoxy groups -OCH3 is 2. The maximum absolute atomic E-state index is 13.7. The van der Waals surface area contributed by atoms with E-state index in [-0.39, 0.29) is 23.5 Å². The molecule has 1 amide bonds. The summed E-state index contributed by atoms with van der Waals surface area (Å²) >= 11 is 0. The number of amides is 1. The first kappa shape index (κ1) is 24.8. The average Bonchev–Trinajstić information content (AvgIpc) is 3.42. The Morgan fingerprint density at radius 3 is 2.59 bits per heavy atom. The number of sulfone groups is 1. The molecule has 3 heterocycles. The highest BCUT2D eigenvalue weighted by Crippen LogP contribution is 2.34. The maximum atomic E-state index is 13.7. The minimum Gasteiger partial charge on any atom is -0.497 e. The second-order valence-corrected chi connectivity index (χ2v) is 11.5. The molecule has 9 nitrogen and oxygen atoms in total. The Bertz CT molecular complexity index is 1630.